The second-order valence-corrected chi connectivity index (χ2v) is 11.0. The summed E-state index contributed by atoms with van der Waals surface area (Å²) >= 11 is 1.13. The number of piperazine rings is 1. The lowest BCUT2D eigenvalue weighted by molar-refractivity contribution is 0.406. The summed E-state index contributed by atoms with van der Waals surface area (Å²) in [5, 5.41) is 3.50. The Morgan fingerprint density at radius 3 is 2.41 bits per heavy atom. The molecule has 9 heteroatoms. The van der Waals surface area contributed by atoms with Crippen molar-refractivity contribution in [3.8, 4) is 16.2 Å². The highest BCUT2D eigenvalue weighted by Crippen LogP contribution is 2.35. The number of nitrogens with one attached hydrogen (secondary N) is 2. The average Bonchev–Trinajstić information content (AvgIpc) is 3.25. The molecule has 2 N–H and O–H groups in total. The zero-order valence-electron chi connectivity index (χ0n) is 18.1. The molecule has 2 heterocycles. The lowest BCUT2D eigenvalue weighted by Crippen LogP contribution is -2.54. The summed E-state index contributed by atoms with van der Waals surface area (Å²) in [6.07, 6.45) is 0. The van der Waals surface area contributed by atoms with Gasteiger partial charge in [0, 0.05) is 35.7 Å². The Kier molecular flexibility index (Phi) is 6.41. The van der Waals surface area contributed by atoms with Crippen LogP contribution in [-0.4, -0.2) is 40.7 Å². The Labute approximate surface area is 192 Å². The van der Waals surface area contributed by atoms with Crippen LogP contribution >= 0.6 is 11.3 Å². The van der Waals surface area contributed by atoms with Gasteiger partial charge in [0.1, 0.15) is 15.8 Å². The second-order valence-electron chi connectivity index (χ2n) is 7.99. The van der Waals surface area contributed by atoms with Crippen LogP contribution in [0.1, 0.15) is 13.8 Å². The molecule has 0 bridgehead atoms. The van der Waals surface area contributed by atoms with E-state index in [2.05, 4.69) is 28.8 Å². The van der Waals surface area contributed by atoms with Gasteiger partial charge in [-0.2, -0.15) is 0 Å². The van der Waals surface area contributed by atoms with Gasteiger partial charge in [0.05, 0.1) is 12.8 Å². The molecule has 0 amide bonds. The number of hydrogen-bond donors (Lipinski definition) is 2. The first kappa shape index (κ1) is 22.6. The van der Waals surface area contributed by atoms with Crippen LogP contribution in [0.15, 0.2) is 58.8 Å². The fraction of sp³-hybridized carbons (Fsp3) is 0.304. The molecule has 0 spiro atoms. The topological polar surface area (TPSA) is 70.7 Å². The number of sulfonamides is 1. The molecule has 1 fully saturated rings. The van der Waals surface area contributed by atoms with Crippen LogP contribution in [-0.2, 0) is 10.0 Å². The standard InChI is InChI=1S/C23H26FN3O3S2/c1-15-13-27(14-16(2)25-15)19-8-9-21(30-3)20(12-19)26-32(28,29)23-11-10-22(31-23)17-4-6-18(24)7-5-17/h4-12,15-16,25-26H,13-14H2,1-3H3/t15-,16+. The van der Waals surface area contributed by atoms with Crippen molar-refractivity contribution in [3.63, 3.8) is 0 Å². The quantitative estimate of drug-likeness (QED) is 0.547. The van der Waals surface area contributed by atoms with E-state index < -0.39 is 10.0 Å². The summed E-state index contributed by atoms with van der Waals surface area (Å²) in [5.74, 6) is 0.115. The van der Waals surface area contributed by atoms with Crippen molar-refractivity contribution in [2.75, 3.05) is 29.8 Å². The van der Waals surface area contributed by atoms with Gasteiger partial charge in [0.25, 0.3) is 10.0 Å². The van der Waals surface area contributed by atoms with Gasteiger partial charge in [-0.1, -0.05) is 12.1 Å². The first-order valence-electron chi connectivity index (χ1n) is 10.3. The molecular weight excluding hydrogens is 449 g/mol. The Hall–Kier alpha value is -2.62. The fourth-order valence-corrected chi connectivity index (χ4v) is 6.31. The maximum Gasteiger partial charge on any atom is 0.271 e. The van der Waals surface area contributed by atoms with Gasteiger partial charge >= 0.3 is 0 Å². The lowest BCUT2D eigenvalue weighted by Gasteiger charge is -2.38. The van der Waals surface area contributed by atoms with Crippen molar-refractivity contribution < 1.29 is 17.5 Å². The molecule has 0 aliphatic carbocycles. The van der Waals surface area contributed by atoms with Crippen molar-refractivity contribution in [1.82, 2.24) is 5.32 Å². The van der Waals surface area contributed by atoms with Crippen LogP contribution < -0.4 is 19.7 Å². The number of halogens is 1. The number of nitrogens with zero attached hydrogens (tertiary/aromatic N) is 1. The molecule has 2 aromatic carbocycles. The van der Waals surface area contributed by atoms with E-state index in [0.717, 1.165) is 40.6 Å². The van der Waals surface area contributed by atoms with E-state index in [4.69, 9.17) is 4.74 Å². The minimum absolute atomic E-state index is 0.175. The van der Waals surface area contributed by atoms with Crippen molar-refractivity contribution in [1.29, 1.82) is 0 Å². The van der Waals surface area contributed by atoms with Crippen LogP contribution in [0.3, 0.4) is 0 Å². The Bertz CT molecular complexity index is 1190. The number of thiophene rings is 1. The highest BCUT2D eigenvalue weighted by Gasteiger charge is 2.24. The molecule has 1 aliphatic heterocycles. The number of rotatable bonds is 6. The Morgan fingerprint density at radius 2 is 1.75 bits per heavy atom. The summed E-state index contributed by atoms with van der Waals surface area (Å²) < 4.78 is 47.7. The van der Waals surface area contributed by atoms with E-state index in [-0.39, 0.29) is 10.0 Å². The second kappa shape index (κ2) is 9.09. The van der Waals surface area contributed by atoms with E-state index in [9.17, 15) is 12.8 Å². The van der Waals surface area contributed by atoms with Crippen LogP contribution in [0, 0.1) is 5.82 Å². The molecule has 6 nitrogen and oxygen atoms in total. The fourth-order valence-electron chi connectivity index (χ4n) is 3.94. The minimum Gasteiger partial charge on any atom is -0.495 e. The number of methoxy groups -OCH3 is 1. The van der Waals surface area contributed by atoms with E-state index in [1.54, 1.807) is 30.3 Å². The molecular formula is C23H26FN3O3S2. The van der Waals surface area contributed by atoms with Crippen LogP contribution in [0.4, 0.5) is 15.8 Å². The third-order valence-electron chi connectivity index (χ3n) is 5.32. The van der Waals surface area contributed by atoms with Crippen molar-refractivity contribution >= 4 is 32.7 Å². The predicted molar refractivity (Wildman–Crippen MR) is 128 cm³/mol. The van der Waals surface area contributed by atoms with E-state index in [1.165, 1.54) is 19.2 Å². The Morgan fingerprint density at radius 1 is 1.06 bits per heavy atom. The first-order valence-corrected chi connectivity index (χ1v) is 12.6. The van der Waals surface area contributed by atoms with Gasteiger partial charge in [-0.15, -0.1) is 11.3 Å². The maximum absolute atomic E-state index is 13.2. The number of ether oxygens (including phenoxy) is 1. The third-order valence-corrected chi connectivity index (χ3v) is 8.32. The van der Waals surface area contributed by atoms with Crippen molar-refractivity contribution in [3.05, 3.63) is 60.4 Å². The van der Waals surface area contributed by atoms with Crippen molar-refractivity contribution in [2.45, 2.75) is 30.1 Å². The van der Waals surface area contributed by atoms with Crippen LogP contribution in [0.2, 0.25) is 0 Å². The molecule has 1 aromatic heterocycles. The average molecular weight is 476 g/mol. The van der Waals surface area contributed by atoms with Crippen LogP contribution in [0.25, 0.3) is 10.4 Å². The first-order chi connectivity index (χ1) is 15.2. The lowest BCUT2D eigenvalue weighted by atomic mass is 10.1. The number of anilines is 2. The normalized spacial score (nSPS) is 19.1. The van der Waals surface area contributed by atoms with Gasteiger partial charge in [-0.3, -0.25) is 4.72 Å². The van der Waals surface area contributed by atoms with E-state index in [0.29, 0.717) is 23.5 Å². The molecule has 0 saturated carbocycles. The van der Waals surface area contributed by atoms with Crippen LogP contribution in [0.5, 0.6) is 5.75 Å². The third kappa shape index (κ3) is 4.90. The zero-order chi connectivity index (χ0) is 22.9. The highest BCUT2D eigenvalue weighted by atomic mass is 32.2. The molecule has 170 valence electrons. The largest absolute Gasteiger partial charge is 0.495 e. The van der Waals surface area contributed by atoms with E-state index >= 15 is 0 Å². The monoisotopic (exact) mass is 475 g/mol. The maximum atomic E-state index is 13.2. The van der Waals surface area contributed by atoms with E-state index in [1.807, 2.05) is 12.1 Å². The predicted octanol–water partition coefficient (Wildman–Crippen LogP) is 4.55. The number of benzene rings is 2. The summed E-state index contributed by atoms with van der Waals surface area (Å²) in [4.78, 5) is 2.98. The smallest absolute Gasteiger partial charge is 0.271 e. The summed E-state index contributed by atoms with van der Waals surface area (Å²) in [6, 6.07) is 15.5. The SMILES string of the molecule is COc1ccc(N2C[C@@H](C)N[C@@H](C)C2)cc1NS(=O)(=O)c1ccc(-c2ccc(F)cc2)s1. The summed E-state index contributed by atoms with van der Waals surface area (Å²) in [5.41, 5.74) is 2.09. The van der Waals surface area contributed by atoms with Crippen molar-refractivity contribution in [2.24, 2.45) is 0 Å². The minimum atomic E-state index is -3.83. The molecule has 2 atom stereocenters. The summed E-state index contributed by atoms with van der Waals surface area (Å²) in [6.45, 7) is 5.92. The molecule has 4 rings (SSSR count). The molecule has 0 radical (unpaired) electrons. The molecule has 1 saturated heterocycles. The van der Waals surface area contributed by atoms with Gasteiger partial charge in [0.2, 0.25) is 0 Å². The molecule has 0 unspecified atom stereocenters. The summed E-state index contributed by atoms with van der Waals surface area (Å²) in [7, 11) is -2.31. The number of hydrogen-bond acceptors (Lipinski definition) is 6. The molecule has 32 heavy (non-hydrogen) atoms. The van der Waals surface area contributed by atoms with Gasteiger partial charge in [-0.05, 0) is 61.9 Å². The van der Waals surface area contributed by atoms with Gasteiger partial charge in [0.15, 0.2) is 0 Å². The molecule has 3 aromatic rings. The van der Waals surface area contributed by atoms with Gasteiger partial charge in [-0.25, -0.2) is 12.8 Å². The Balaban J connectivity index is 1.60. The van der Waals surface area contributed by atoms with Gasteiger partial charge < -0.3 is 15.0 Å². The highest BCUT2D eigenvalue weighted by molar-refractivity contribution is 7.94. The zero-order valence-corrected chi connectivity index (χ0v) is 19.8. The molecule has 1 aliphatic rings.